The molecule has 1 aliphatic rings. The molecule has 0 heterocycles. The molecule has 18 heavy (non-hydrogen) atoms. The number of amides is 1. The molecule has 0 saturated heterocycles. The van der Waals surface area contributed by atoms with Crippen molar-refractivity contribution < 1.29 is 4.79 Å². The Balaban J connectivity index is 2.48. The van der Waals surface area contributed by atoms with Gasteiger partial charge < -0.3 is 11.1 Å². The van der Waals surface area contributed by atoms with E-state index in [1.54, 1.807) is 0 Å². The van der Waals surface area contributed by atoms with Crippen molar-refractivity contribution in [1.82, 2.24) is 5.32 Å². The summed E-state index contributed by atoms with van der Waals surface area (Å²) in [7, 11) is 0. The second-order valence-corrected chi connectivity index (χ2v) is 7.72. The van der Waals surface area contributed by atoms with Gasteiger partial charge >= 0.3 is 0 Å². The number of carbonyl (C=O) groups excluding carboxylic acids is 1. The number of nitrogens with one attached hydrogen (secondary N) is 1. The Labute approximate surface area is 112 Å². The molecule has 0 aromatic rings. The summed E-state index contributed by atoms with van der Waals surface area (Å²) >= 11 is 0. The monoisotopic (exact) mass is 254 g/mol. The van der Waals surface area contributed by atoms with Crippen molar-refractivity contribution in [3.63, 3.8) is 0 Å². The van der Waals surface area contributed by atoms with Gasteiger partial charge in [0, 0.05) is 17.5 Å². The highest BCUT2D eigenvalue weighted by atomic mass is 16.2. The van der Waals surface area contributed by atoms with E-state index in [0.29, 0.717) is 6.04 Å². The highest BCUT2D eigenvalue weighted by Gasteiger charge is 2.31. The summed E-state index contributed by atoms with van der Waals surface area (Å²) in [5.41, 5.74) is 5.97. The van der Waals surface area contributed by atoms with E-state index in [4.69, 9.17) is 5.73 Å². The Hall–Kier alpha value is -0.570. The molecule has 0 aromatic heterocycles. The topological polar surface area (TPSA) is 55.1 Å². The predicted octanol–water partition coefficient (Wildman–Crippen LogP) is 2.83. The number of hydrogen-bond donors (Lipinski definition) is 2. The van der Waals surface area contributed by atoms with Crippen LogP contribution in [0.1, 0.15) is 66.7 Å². The molecule has 106 valence electrons. The molecule has 0 atom stereocenters. The molecule has 3 nitrogen and oxygen atoms in total. The summed E-state index contributed by atoms with van der Waals surface area (Å²) < 4.78 is 0. The van der Waals surface area contributed by atoms with E-state index in [-0.39, 0.29) is 22.8 Å². The SMILES string of the molecule is CC(C)(C)CC(C)(C)NC(=O)C1CCC(N)CC1. The minimum absolute atomic E-state index is 0.130. The first-order chi connectivity index (χ1) is 8.09. The average Bonchev–Trinajstić information content (AvgIpc) is 2.13. The van der Waals surface area contributed by atoms with Crippen LogP contribution in [0, 0.1) is 11.3 Å². The molecule has 3 N–H and O–H groups in total. The van der Waals surface area contributed by atoms with Gasteiger partial charge in [-0.3, -0.25) is 4.79 Å². The molecular formula is C15H30N2O. The molecule has 1 saturated carbocycles. The normalized spacial score (nSPS) is 25.9. The maximum absolute atomic E-state index is 12.3. The summed E-state index contributed by atoms with van der Waals surface area (Å²) in [6, 6.07) is 0.302. The van der Waals surface area contributed by atoms with Gasteiger partial charge in [-0.2, -0.15) is 0 Å². The molecular weight excluding hydrogens is 224 g/mol. The maximum Gasteiger partial charge on any atom is 0.223 e. The Bertz CT molecular complexity index is 283. The van der Waals surface area contributed by atoms with Gasteiger partial charge in [-0.25, -0.2) is 0 Å². The number of nitrogens with two attached hydrogens (primary N) is 1. The minimum atomic E-state index is -0.130. The fourth-order valence-corrected chi connectivity index (χ4v) is 3.19. The van der Waals surface area contributed by atoms with E-state index >= 15 is 0 Å². The summed E-state index contributed by atoms with van der Waals surface area (Å²) in [5.74, 6) is 0.389. The lowest BCUT2D eigenvalue weighted by atomic mass is 9.80. The standard InChI is InChI=1S/C15H30N2O/c1-14(2,3)10-15(4,5)17-13(18)11-6-8-12(16)9-7-11/h11-12H,6-10,16H2,1-5H3,(H,17,18). The quantitative estimate of drug-likeness (QED) is 0.813. The molecule has 1 aliphatic carbocycles. The van der Waals surface area contributed by atoms with E-state index in [1.165, 1.54) is 0 Å². The third kappa shape index (κ3) is 5.38. The Morgan fingerprint density at radius 1 is 1.11 bits per heavy atom. The summed E-state index contributed by atoms with van der Waals surface area (Å²) in [6.45, 7) is 10.9. The second kappa shape index (κ2) is 5.60. The molecule has 0 radical (unpaired) electrons. The third-order valence-electron chi connectivity index (χ3n) is 3.58. The van der Waals surface area contributed by atoms with Crippen LogP contribution in [0.3, 0.4) is 0 Å². The van der Waals surface area contributed by atoms with Gasteiger partial charge in [0.2, 0.25) is 5.91 Å². The smallest absolute Gasteiger partial charge is 0.223 e. The van der Waals surface area contributed by atoms with Crippen LogP contribution in [0.2, 0.25) is 0 Å². The van der Waals surface area contributed by atoms with Gasteiger partial charge in [-0.05, 0) is 51.4 Å². The predicted molar refractivity (Wildman–Crippen MR) is 76.2 cm³/mol. The summed E-state index contributed by atoms with van der Waals surface area (Å²) in [4.78, 5) is 12.3. The summed E-state index contributed by atoms with van der Waals surface area (Å²) in [6.07, 6.45) is 4.84. The van der Waals surface area contributed by atoms with Crippen LogP contribution in [0.4, 0.5) is 0 Å². The van der Waals surface area contributed by atoms with Crippen molar-refractivity contribution in [2.45, 2.75) is 78.3 Å². The van der Waals surface area contributed by atoms with Crippen LogP contribution < -0.4 is 11.1 Å². The van der Waals surface area contributed by atoms with Crippen molar-refractivity contribution in [3.05, 3.63) is 0 Å². The zero-order valence-corrected chi connectivity index (χ0v) is 12.7. The minimum Gasteiger partial charge on any atom is -0.351 e. The zero-order valence-electron chi connectivity index (χ0n) is 12.7. The molecule has 1 rings (SSSR count). The van der Waals surface area contributed by atoms with Gasteiger partial charge in [0.25, 0.3) is 0 Å². The van der Waals surface area contributed by atoms with Gasteiger partial charge in [-0.1, -0.05) is 20.8 Å². The van der Waals surface area contributed by atoms with Crippen LogP contribution in [0.25, 0.3) is 0 Å². The maximum atomic E-state index is 12.3. The van der Waals surface area contributed by atoms with Crippen LogP contribution in [-0.2, 0) is 4.79 Å². The highest BCUT2D eigenvalue weighted by molar-refractivity contribution is 5.79. The van der Waals surface area contributed by atoms with Crippen molar-refractivity contribution in [3.8, 4) is 0 Å². The van der Waals surface area contributed by atoms with Gasteiger partial charge in [0.1, 0.15) is 0 Å². The Morgan fingerprint density at radius 2 is 1.61 bits per heavy atom. The number of hydrogen-bond acceptors (Lipinski definition) is 2. The van der Waals surface area contributed by atoms with Crippen LogP contribution in [0.15, 0.2) is 0 Å². The first-order valence-corrected chi connectivity index (χ1v) is 7.17. The highest BCUT2D eigenvalue weighted by Crippen LogP contribution is 2.28. The number of carbonyl (C=O) groups is 1. The Kier molecular flexibility index (Phi) is 4.82. The lowest BCUT2D eigenvalue weighted by Crippen LogP contribution is -2.49. The van der Waals surface area contributed by atoms with E-state index in [0.717, 1.165) is 32.1 Å². The van der Waals surface area contributed by atoms with E-state index < -0.39 is 0 Å². The van der Waals surface area contributed by atoms with Crippen LogP contribution >= 0.6 is 0 Å². The molecule has 3 heteroatoms. The van der Waals surface area contributed by atoms with Crippen molar-refractivity contribution >= 4 is 5.91 Å². The average molecular weight is 254 g/mol. The largest absolute Gasteiger partial charge is 0.351 e. The van der Waals surface area contributed by atoms with Crippen LogP contribution in [0.5, 0.6) is 0 Å². The van der Waals surface area contributed by atoms with E-state index in [2.05, 4.69) is 39.9 Å². The lowest BCUT2D eigenvalue weighted by Gasteiger charge is -2.35. The fraction of sp³-hybridized carbons (Fsp3) is 0.933. The lowest BCUT2D eigenvalue weighted by molar-refractivity contribution is -0.127. The zero-order chi connectivity index (χ0) is 14.0. The fourth-order valence-electron chi connectivity index (χ4n) is 3.19. The van der Waals surface area contributed by atoms with E-state index in [1.807, 2.05) is 0 Å². The van der Waals surface area contributed by atoms with Gasteiger partial charge in [0.15, 0.2) is 0 Å². The summed E-state index contributed by atoms with van der Waals surface area (Å²) in [5, 5.41) is 3.22. The molecule has 0 bridgehead atoms. The first-order valence-electron chi connectivity index (χ1n) is 7.17. The molecule has 0 unspecified atom stereocenters. The van der Waals surface area contributed by atoms with Gasteiger partial charge in [0.05, 0.1) is 0 Å². The molecule has 0 aliphatic heterocycles. The van der Waals surface area contributed by atoms with Crippen molar-refractivity contribution in [2.24, 2.45) is 17.1 Å². The molecule has 1 fully saturated rings. The van der Waals surface area contributed by atoms with Gasteiger partial charge in [-0.15, -0.1) is 0 Å². The number of rotatable bonds is 3. The third-order valence-corrected chi connectivity index (χ3v) is 3.58. The first kappa shape index (κ1) is 15.5. The molecule has 1 amide bonds. The van der Waals surface area contributed by atoms with Crippen molar-refractivity contribution in [1.29, 1.82) is 0 Å². The van der Waals surface area contributed by atoms with E-state index in [9.17, 15) is 4.79 Å². The Morgan fingerprint density at radius 3 is 2.06 bits per heavy atom. The second-order valence-electron chi connectivity index (χ2n) is 7.72. The van der Waals surface area contributed by atoms with Crippen molar-refractivity contribution in [2.75, 3.05) is 0 Å². The molecule has 0 aromatic carbocycles. The van der Waals surface area contributed by atoms with Crippen LogP contribution in [-0.4, -0.2) is 17.5 Å². The molecule has 0 spiro atoms.